The molecule has 0 saturated heterocycles. The second-order valence-electron chi connectivity index (χ2n) is 4.32. The van der Waals surface area contributed by atoms with Crippen molar-refractivity contribution in [1.29, 1.82) is 0 Å². The van der Waals surface area contributed by atoms with Crippen molar-refractivity contribution in [2.24, 2.45) is 0 Å². The monoisotopic (exact) mass is 367 g/mol. The Morgan fingerprint density at radius 1 is 0.944 bits per heavy atom. The fraction of sp³-hybridized carbons (Fsp3) is 0.143. The van der Waals surface area contributed by atoms with Crippen molar-refractivity contribution < 1.29 is 5.11 Å². The maximum Gasteiger partial charge on any atom is 0.0542 e. The van der Waals surface area contributed by atoms with Gasteiger partial charge in [0.2, 0.25) is 0 Å². The van der Waals surface area contributed by atoms with E-state index in [1.807, 2.05) is 24.3 Å². The lowest BCUT2D eigenvalue weighted by molar-refractivity contribution is 0.280. The van der Waals surface area contributed by atoms with Gasteiger partial charge in [0.05, 0.1) is 6.61 Å². The lowest BCUT2D eigenvalue weighted by atomic mass is 9.86. The second kappa shape index (κ2) is 4.68. The van der Waals surface area contributed by atoms with Crippen molar-refractivity contribution in [1.82, 2.24) is 0 Å². The molecule has 2 nitrogen and oxygen atoms in total. The number of anilines is 2. The summed E-state index contributed by atoms with van der Waals surface area (Å²) < 4.78 is 2.06. The maximum atomic E-state index is 9.69. The molecule has 18 heavy (non-hydrogen) atoms. The van der Waals surface area contributed by atoms with Crippen LogP contribution >= 0.6 is 31.9 Å². The van der Waals surface area contributed by atoms with E-state index in [2.05, 4.69) is 49.3 Å². The summed E-state index contributed by atoms with van der Waals surface area (Å²) in [7, 11) is 0. The number of nitrogens with one attached hydrogen (secondary N) is 1. The molecule has 3 rings (SSSR count). The molecule has 1 heterocycles. The van der Waals surface area contributed by atoms with Gasteiger partial charge in [-0.05, 0) is 41.5 Å². The van der Waals surface area contributed by atoms with Gasteiger partial charge in [0.1, 0.15) is 0 Å². The van der Waals surface area contributed by atoms with Gasteiger partial charge < -0.3 is 10.4 Å². The average molecular weight is 369 g/mol. The number of benzene rings is 2. The first-order valence-corrected chi connectivity index (χ1v) is 7.24. The lowest BCUT2D eigenvalue weighted by Crippen LogP contribution is -2.15. The summed E-state index contributed by atoms with van der Waals surface area (Å²) in [6.07, 6.45) is 0. The van der Waals surface area contributed by atoms with Crippen LogP contribution in [0.4, 0.5) is 11.4 Å². The van der Waals surface area contributed by atoms with E-state index in [4.69, 9.17) is 0 Å². The zero-order valence-corrected chi connectivity index (χ0v) is 12.6. The molecule has 2 N–H and O–H groups in total. The van der Waals surface area contributed by atoms with Crippen LogP contribution in [0.3, 0.4) is 0 Å². The molecule has 2 aromatic carbocycles. The quantitative estimate of drug-likeness (QED) is 0.782. The van der Waals surface area contributed by atoms with Crippen LogP contribution < -0.4 is 5.32 Å². The molecule has 92 valence electrons. The third kappa shape index (κ3) is 1.98. The zero-order valence-electron chi connectivity index (χ0n) is 9.45. The Hall–Kier alpha value is -0.840. The number of fused-ring (bicyclic) bond motifs is 2. The number of aliphatic hydroxyl groups is 1. The van der Waals surface area contributed by atoms with Crippen LogP contribution in [0.2, 0.25) is 0 Å². The van der Waals surface area contributed by atoms with Crippen molar-refractivity contribution in [2.45, 2.75) is 5.92 Å². The predicted molar refractivity (Wildman–Crippen MR) is 80.5 cm³/mol. The molecular weight excluding hydrogens is 358 g/mol. The highest BCUT2D eigenvalue weighted by Crippen LogP contribution is 2.42. The molecule has 0 fully saturated rings. The van der Waals surface area contributed by atoms with Crippen molar-refractivity contribution in [3.63, 3.8) is 0 Å². The summed E-state index contributed by atoms with van der Waals surface area (Å²) >= 11 is 6.96. The van der Waals surface area contributed by atoms with Crippen molar-refractivity contribution in [2.75, 3.05) is 11.9 Å². The van der Waals surface area contributed by atoms with E-state index in [9.17, 15) is 5.11 Å². The minimum atomic E-state index is 0.0295. The van der Waals surface area contributed by atoms with Gasteiger partial charge in [-0.15, -0.1) is 0 Å². The van der Waals surface area contributed by atoms with E-state index >= 15 is 0 Å². The van der Waals surface area contributed by atoms with Crippen LogP contribution in [0.25, 0.3) is 0 Å². The first-order valence-electron chi connectivity index (χ1n) is 5.66. The summed E-state index contributed by atoms with van der Waals surface area (Å²) in [4.78, 5) is 0. The Labute approximate surface area is 122 Å². The highest BCUT2D eigenvalue weighted by molar-refractivity contribution is 9.10. The van der Waals surface area contributed by atoms with Crippen molar-refractivity contribution >= 4 is 43.2 Å². The molecule has 0 saturated carbocycles. The largest absolute Gasteiger partial charge is 0.395 e. The minimum absolute atomic E-state index is 0.0295. The molecule has 1 aliphatic rings. The second-order valence-corrected chi connectivity index (χ2v) is 6.15. The van der Waals surface area contributed by atoms with Gasteiger partial charge in [-0.3, -0.25) is 0 Å². The predicted octanol–water partition coefficient (Wildman–Crippen LogP) is 4.39. The van der Waals surface area contributed by atoms with Gasteiger partial charge in [0.15, 0.2) is 0 Å². The molecule has 1 unspecified atom stereocenters. The molecule has 1 atom stereocenters. The van der Waals surface area contributed by atoms with Gasteiger partial charge in [-0.1, -0.05) is 37.9 Å². The molecule has 0 bridgehead atoms. The standard InChI is InChI=1S/C14H11Br2NO/c15-8-2-4-13-11(5-8)12(7-18)10-3-1-9(16)6-14(10)17-13/h1-6,12,17-18H,7H2. The van der Waals surface area contributed by atoms with Crippen LogP contribution in [0.1, 0.15) is 17.0 Å². The van der Waals surface area contributed by atoms with Crippen LogP contribution in [-0.2, 0) is 0 Å². The third-order valence-electron chi connectivity index (χ3n) is 3.23. The van der Waals surface area contributed by atoms with E-state index < -0.39 is 0 Å². The molecule has 0 radical (unpaired) electrons. The topological polar surface area (TPSA) is 32.3 Å². The van der Waals surface area contributed by atoms with E-state index in [-0.39, 0.29) is 12.5 Å². The van der Waals surface area contributed by atoms with E-state index in [1.165, 1.54) is 0 Å². The van der Waals surface area contributed by atoms with E-state index in [0.717, 1.165) is 31.4 Å². The Balaban J connectivity index is 2.18. The van der Waals surface area contributed by atoms with Crippen molar-refractivity contribution in [3.8, 4) is 0 Å². The van der Waals surface area contributed by atoms with Crippen LogP contribution in [0.15, 0.2) is 45.3 Å². The Morgan fingerprint density at radius 2 is 1.67 bits per heavy atom. The Kier molecular flexibility index (Phi) is 3.18. The van der Waals surface area contributed by atoms with Gasteiger partial charge >= 0.3 is 0 Å². The normalized spacial score (nSPS) is 16.7. The number of hydrogen-bond donors (Lipinski definition) is 2. The number of halogens is 2. The van der Waals surface area contributed by atoms with Gasteiger partial charge in [-0.2, -0.15) is 0 Å². The fourth-order valence-electron chi connectivity index (χ4n) is 2.39. The van der Waals surface area contributed by atoms with Crippen LogP contribution in [0.5, 0.6) is 0 Å². The number of hydrogen-bond acceptors (Lipinski definition) is 2. The summed E-state index contributed by atoms with van der Waals surface area (Å²) in [5.41, 5.74) is 4.37. The third-order valence-corrected chi connectivity index (χ3v) is 4.22. The van der Waals surface area contributed by atoms with Crippen LogP contribution in [0, 0.1) is 0 Å². The molecule has 0 spiro atoms. The first-order chi connectivity index (χ1) is 8.69. The van der Waals surface area contributed by atoms with E-state index in [1.54, 1.807) is 0 Å². The summed E-state index contributed by atoms with van der Waals surface area (Å²) in [6, 6.07) is 12.2. The average Bonchev–Trinajstić information content (AvgIpc) is 2.36. The summed E-state index contributed by atoms with van der Waals surface area (Å²) in [5, 5.41) is 13.1. The molecule has 0 aliphatic carbocycles. The minimum Gasteiger partial charge on any atom is -0.395 e. The van der Waals surface area contributed by atoms with Gasteiger partial charge in [0.25, 0.3) is 0 Å². The number of aliphatic hydroxyl groups excluding tert-OH is 1. The highest BCUT2D eigenvalue weighted by atomic mass is 79.9. The molecule has 0 aromatic heterocycles. The lowest BCUT2D eigenvalue weighted by Gasteiger charge is -2.28. The summed E-state index contributed by atoms with van der Waals surface area (Å²) in [5.74, 6) is 0.0295. The molecule has 1 aliphatic heterocycles. The molecule has 0 amide bonds. The van der Waals surface area contributed by atoms with E-state index in [0.29, 0.717) is 0 Å². The number of rotatable bonds is 1. The Morgan fingerprint density at radius 3 is 2.44 bits per heavy atom. The summed E-state index contributed by atoms with van der Waals surface area (Å²) in [6.45, 7) is 0.111. The molecule has 2 aromatic rings. The molecular formula is C14H11Br2NO. The zero-order chi connectivity index (χ0) is 12.7. The SMILES string of the molecule is OCC1c2ccc(Br)cc2Nc2ccc(Br)cc21. The highest BCUT2D eigenvalue weighted by Gasteiger charge is 2.25. The maximum absolute atomic E-state index is 9.69. The smallest absolute Gasteiger partial charge is 0.0542 e. The molecule has 4 heteroatoms. The first kappa shape index (κ1) is 12.2. The van der Waals surface area contributed by atoms with Crippen molar-refractivity contribution in [3.05, 3.63) is 56.5 Å². The van der Waals surface area contributed by atoms with Gasteiger partial charge in [-0.25, -0.2) is 0 Å². The van der Waals surface area contributed by atoms with Crippen LogP contribution in [-0.4, -0.2) is 11.7 Å². The van der Waals surface area contributed by atoms with Gasteiger partial charge in [0, 0.05) is 26.2 Å². The fourth-order valence-corrected chi connectivity index (χ4v) is 3.13. The Bertz CT molecular complexity index is 613.